The Morgan fingerprint density at radius 1 is 1.15 bits per heavy atom. The van der Waals surface area contributed by atoms with E-state index < -0.39 is 0 Å². The molecular formula is C19H15BrN4O2S. The molecule has 1 N–H and O–H groups in total. The fraction of sp³-hybridized carbons (Fsp3) is 0.158. The minimum Gasteiger partial charge on any atom is -0.336 e. The first-order valence-electron chi connectivity index (χ1n) is 8.35. The fourth-order valence-electron chi connectivity index (χ4n) is 2.80. The van der Waals surface area contributed by atoms with Crippen molar-refractivity contribution in [2.75, 3.05) is 18.8 Å². The summed E-state index contributed by atoms with van der Waals surface area (Å²) in [6.07, 6.45) is 0. The van der Waals surface area contributed by atoms with Gasteiger partial charge in [0.15, 0.2) is 5.82 Å². The Bertz CT molecular complexity index is 1030. The Hall–Kier alpha value is -2.45. The van der Waals surface area contributed by atoms with Crippen molar-refractivity contribution < 1.29 is 9.59 Å². The van der Waals surface area contributed by atoms with Gasteiger partial charge in [-0.1, -0.05) is 58.0 Å². The molecule has 6 nitrogen and oxygen atoms in total. The monoisotopic (exact) mass is 442 g/mol. The van der Waals surface area contributed by atoms with Crippen molar-refractivity contribution >= 4 is 50.5 Å². The number of nitrogens with one attached hydrogen (secondary N) is 1. The number of amides is 3. The third kappa shape index (κ3) is 3.81. The highest BCUT2D eigenvalue weighted by Gasteiger charge is 2.26. The molecule has 3 aromatic rings. The molecule has 0 unspecified atom stereocenters. The van der Waals surface area contributed by atoms with Gasteiger partial charge in [-0.3, -0.25) is 9.69 Å². The van der Waals surface area contributed by atoms with Crippen LogP contribution in [0.4, 0.5) is 4.79 Å². The highest BCUT2D eigenvalue weighted by molar-refractivity contribution is 9.10. The maximum atomic E-state index is 12.4. The third-order valence-electron chi connectivity index (χ3n) is 4.16. The predicted molar refractivity (Wildman–Crippen MR) is 109 cm³/mol. The summed E-state index contributed by atoms with van der Waals surface area (Å²) < 4.78 is 0.983. The molecule has 1 saturated heterocycles. The second kappa shape index (κ2) is 7.66. The molecule has 0 aliphatic carbocycles. The third-order valence-corrected chi connectivity index (χ3v) is 5.67. The summed E-state index contributed by atoms with van der Waals surface area (Å²) in [5.41, 5.74) is 1.72. The first-order chi connectivity index (χ1) is 13.1. The first kappa shape index (κ1) is 17.9. The summed E-state index contributed by atoms with van der Waals surface area (Å²) in [6.45, 7) is 0.909. The summed E-state index contributed by atoms with van der Waals surface area (Å²) >= 11 is 4.76. The van der Waals surface area contributed by atoms with Crippen LogP contribution in [0.5, 0.6) is 0 Å². The standard InChI is InChI=1S/C19H15BrN4O2S/c20-13-7-5-12(6-8-13)17-22-15-4-2-1-3-14(15)18(23-17)27-11-16(25)24-10-9-21-19(24)26/h1-8H,9-11H2,(H,21,26). The number of carbonyl (C=O) groups is 2. The van der Waals surface area contributed by atoms with Gasteiger partial charge in [0.25, 0.3) is 0 Å². The Kier molecular flexibility index (Phi) is 5.09. The normalized spacial score (nSPS) is 13.8. The topological polar surface area (TPSA) is 75.2 Å². The average Bonchev–Trinajstić information content (AvgIpc) is 3.12. The van der Waals surface area contributed by atoms with E-state index in [0.29, 0.717) is 18.9 Å². The highest BCUT2D eigenvalue weighted by Crippen LogP contribution is 2.29. The molecule has 0 saturated carbocycles. The second-order valence-corrected chi connectivity index (χ2v) is 7.82. The SMILES string of the molecule is O=C(CSc1nc(-c2ccc(Br)cc2)nc2ccccc12)N1CCNC1=O. The van der Waals surface area contributed by atoms with Gasteiger partial charge >= 0.3 is 6.03 Å². The van der Waals surface area contributed by atoms with Crippen molar-refractivity contribution in [2.45, 2.75) is 5.03 Å². The molecule has 2 aromatic carbocycles. The lowest BCUT2D eigenvalue weighted by Crippen LogP contribution is -2.35. The predicted octanol–water partition coefficient (Wildman–Crippen LogP) is 3.70. The fourth-order valence-corrected chi connectivity index (χ4v) is 3.96. The van der Waals surface area contributed by atoms with Crippen LogP contribution in [0.3, 0.4) is 0 Å². The van der Waals surface area contributed by atoms with E-state index in [4.69, 9.17) is 0 Å². The molecule has 0 atom stereocenters. The number of urea groups is 1. The van der Waals surface area contributed by atoms with E-state index in [9.17, 15) is 9.59 Å². The maximum Gasteiger partial charge on any atom is 0.324 e. The van der Waals surface area contributed by atoms with Crippen LogP contribution in [0, 0.1) is 0 Å². The van der Waals surface area contributed by atoms with Gasteiger partial charge < -0.3 is 5.32 Å². The number of para-hydroxylation sites is 1. The van der Waals surface area contributed by atoms with Crippen LogP contribution in [0.1, 0.15) is 0 Å². The zero-order valence-electron chi connectivity index (χ0n) is 14.2. The Morgan fingerprint density at radius 3 is 2.67 bits per heavy atom. The molecular weight excluding hydrogens is 428 g/mol. The molecule has 2 heterocycles. The van der Waals surface area contributed by atoms with Crippen LogP contribution in [-0.2, 0) is 4.79 Å². The van der Waals surface area contributed by atoms with E-state index >= 15 is 0 Å². The van der Waals surface area contributed by atoms with Crippen molar-refractivity contribution in [2.24, 2.45) is 0 Å². The summed E-state index contributed by atoms with van der Waals surface area (Å²) in [4.78, 5) is 34.6. The number of fused-ring (bicyclic) bond motifs is 1. The van der Waals surface area contributed by atoms with Crippen molar-refractivity contribution in [3.63, 3.8) is 0 Å². The van der Waals surface area contributed by atoms with Gasteiger partial charge in [-0.2, -0.15) is 0 Å². The van der Waals surface area contributed by atoms with Crippen molar-refractivity contribution in [3.8, 4) is 11.4 Å². The van der Waals surface area contributed by atoms with E-state index in [2.05, 4.69) is 31.2 Å². The molecule has 0 spiro atoms. The van der Waals surface area contributed by atoms with Crippen LogP contribution in [-0.4, -0.2) is 45.6 Å². The minimum atomic E-state index is -0.330. The lowest BCUT2D eigenvalue weighted by Gasteiger charge is -2.12. The van der Waals surface area contributed by atoms with Gasteiger partial charge in [-0.05, 0) is 18.2 Å². The minimum absolute atomic E-state index is 0.147. The molecule has 4 rings (SSSR count). The molecule has 1 aromatic heterocycles. The Labute approximate surface area is 168 Å². The van der Waals surface area contributed by atoms with E-state index in [0.717, 1.165) is 26.0 Å². The number of benzene rings is 2. The second-order valence-electron chi connectivity index (χ2n) is 5.94. The number of nitrogens with zero attached hydrogens (tertiary/aromatic N) is 3. The molecule has 136 valence electrons. The number of rotatable bonds is 4. The van der Waals surface area contributed by atoms with E-state index in [1.165, 1.54) is 16.7 Å². The van der Waals surface area contributed by atoms with E-state index in [1.807, 2.05) is 48.5 Å². The summed E-state index contributed by atoms with van der Waals surface area (Å²) in [5.74, 6) is 0.534. The van der Waals surface area contributed by atoms with Gasteiger partial charge in [0.1, 0.15) is 5.03 Å². The number of imide groups is 1. The Morgan fingerprint density at radius 2 is 1.93 bits per heavy atom. The maximum absolute atomic E-state index is 12.4. The first-order valence-corrected chi connectivity index (χ1v) is 10.1. The lowest BCUT2D eigenvalue weighted by atomic mass is 10.2. The van der Waals surface area contributed by atoms with Crippen molar-refractivity contribution in [1.82, 2.24) is 20.2 Å². The number of thioether (sulfide) groups is 1. The largest absolute Gasteiger partial charge is 0.336 e. The highest BCUT2D eigenvalue weighted by atomic mass is 79.9. The van der Waals surface area contributed by atoms with Gasteiger partial charge in [-0.25, -0.2) is 14.8 Å². The number of hydrogen-bond acceptors (Lipinski definition) is 5. The van der Waals surface area contributed by atoms with Gasteiger partial charge in [0, 0.05) is 28.5 Å². The molecule has 8 heteroatoms. The van der Waals surface area contributed by atoms with Gasteiger partial charge in [0.05, 0.1) is 11.3 Å². The van der Waals surface area contributed by atoms with E-state index in [-0.39, 0.29) is 17.7 Å². The summed E-state index contributed by atoms with van der Waals surface area (Å²) in [5, 5.41) is 4.26. The van der Waals surface area contributed by atoms with Crippen LogP contribution in [0.15, 0.2) is 58.0 Å². The quantitative estimate of drug-likeness (QED) is 0.492. The van der Waals surface area contributed by atoms with Crippen LogP contribution >= 0.6 is 27.7 Å². The molecule has 0 radical (unpaired) electrons. The molecule has 1 aliphatic rings. The van der Waals surface area contributed by atoms with Gasteiger partial charge in [0.2, 0.25) is 5.91 Å². The van der Waals surface area contributed by atoms with Gasteiger partial charge in [-0.15, -0.1) is 0 Å². The summed E-state index contributed by atoms with van der Waals surface area (Å²) in [6, 6.07) is 15.2. The number of carbonyl (C=O) groups excluding carboxylic acids is 2. The zero-order valence-corrected chi connectivity index (χ0v) is 16.6. The van der Waals surface area contributed by atoms with Crippen molar-refractivity contribution in [1.29, 1.82) is 0 Å². The lowest BCUT2D eigenvalue weighted by molar-refractivity contribution is -0.124. The molecule has 27 heavy (non-hydrogen) atoms. The van der Waals surface area contributed by atoms with Crippen molar-refractivity contribution in [3.05, 3.63) is 53.0 Å². The molecule has 1 fully saturated rings. The number of halogens is 1. The average molecular weight is 443 g/mol. The number of aromatic nitrogens is 2. The zero-order chi connectivity index (χ0) is 18.8. The number of hydrogen-bond donors (Lipinski definition) is 1. The van der Waals surface area contributed by atoms with Crippen LogP contribution < -0.4 is 5.32 Å². The summed E-state index contributed by atoms with van der Waals surface area (Å²) in [7, 11) is 0. The molecule has 1 aliphatic heterocycles. The van der Waals surface area contributed by atoms with Crippen LogP contribution in [0.2, 0.25) is 0 Å². The molecule has 3 amide bonds. The molecule has 0 bridgehead atoms. The van der Waals surface area contributed by atoms with E-state index in [1.54, 1.807) is 0 Å². The van der Waals surface area contributed by atoms with Crippen LogP contribution in [0.25, 0.3) is 22.3 Å². The Balaban J connectivity index is 1.65. The smallest absolute Gasteiger partial charge is 0.324 e.